The lowest BCUT2D eigenvalue weighted by molar-refractivity contribution is -0.138. The van der Waals surface area contributed by atoms with E-state index >= 15 is 0 Å². The average molecular weight is 461 g/mol. The molecule has 2 aromatic carbocycles. The van der Waals surface area contributed by atoms with Crippen LogP contribution in [0, 0.1) is 0 Å². The fraction of sp³-hybridized carbons (Fsp3) is 0.167. The molecule has 32 heavy (non-hydrogen) atoms. The Hall–Kier alpha value is -3.23. The van der Waals surface area contributed by atoms with E-state index in [4.69, 9.17) is 5.73 Å². The standard InChI is InChI=1S/C24H20N4O2S2/c25-22(30)19-10-16-8-4-5-9-17(16)11-28(19)20(29)13-32-24-21-18(15-6-2-1-3-7-15)12-31-23(21)26-14-27-24/h1-9,12,14,19H,10-11,13H2,(H2,25,30). The van der Waals surface area contributed by atoms with Crippen LogP contribution in [0.3, 0.4) is 0 Å². The predicted molar refractivity (Wildman–Crippen MR) is 127 cm³/mol. The van der Waals surface area contributed by atoms with Crippen molar-refractivity contribution in [3.05, 3.63) is 77.4 Å². The minimum atomic E-state index is -0.635. The van der Waals surface area contributed by atoms with E-state index < -0.39 is 11.9 Å². The molecule has 0 bridgehead atoms. The zero-order chi connectivity index (χ0) is 22.1. The molecule has 160 valence electrons. The molecule has 0 spiro atoms. The Morgan fingerprint density at radius 2 is 1.81 bits per heavy atom. The molecular weight excluding hydrogens is 440 g/mol. The summed E-state index contributed by atoms with van der Waals surface area (Å²) in [5, 5.41) is 3.79. The molecule has 3 heterocycles. The summed E-state index contributed by atoms with van der Waals surface area (Å²) >= 11 is 2.93. The van der Waals surface area contributed by atoms with Crippen molar-refractivity contribution in [2.75, 3.05) is 5.75 Å². The van der Waals surface area contributed by atoms with Crippen LogP contribution in [0.1, 0.15) is 11.1 Å². The van der Waals surface area contributed by atoms with Crippen molar-refractivity contribution in [1.29, 1.82) is 0 Å². The van der Waals surface area contributed by atoms with Gasteiger partial charge in [0.25, 0.3) is 0 Å². The first-order chi connectivity index (χ1) is 15.6. The largest absolute Gasteiger partial charge is 0.368 e. The third kappa shape index (κ3) is 3.87. The zero-order valence-electron chi connectivity index (χ0n) is 17.1. The summed E-state index contributed by atoms with van der Waals surface area (Å²) in [4.78, 5) is 36.6. The number of rotatable bonds is 5. The molecule has 1 unspecified atom stereocenters. The number of carbonyl (C=O) groups is 2. The summed E-state index contributed by atoms with van der Waals surface area (Å²) in [7, 11) is 0. The van der Waals surface area contributed by atoms with Crippen LogP contribution in [0.4, 0.5) is 0 Å². The van der Waals surface area contributed by atoms with Gasteiger partial charge in [0, 0.05) is 23.9 Å². The van der Waals surface area contributed by atoms with Gasteiger partial charge in [-0.1, -0.05) is 66.4 Å². The second kappa shape index (κ2) is 8.72. The molecule has 8 heteroatoms. The topological polar surface area (TPSA) is 89.2 Å². The van der Waals surface area contributed by atoms with Crippen LogP contribution in [0.15, 0.2) is 71.3 Å². The lowest BCUT2D eigenvalue weighted by Crippen LogP contribution is -2.51. The number of fused-ring (bicyclic) bond motifs is 2. The second-order valence-corrected chi connectivity index (χ2v) is 9.40. The smallest absolute Gasteiger partial charge is 0.240 e. The molecule has 4 aromatic rings. The first-order valence-electron chi connectivity index (χ1n) is 10.2. The molecule has 0 radical (unpaired) electrons. The number of thioether (sulfide) groups is 1. The highest BCUT2D eigenvalue weighted by molar-refractivity contribution is 8.00. The second-order valence-electron chi connectivity index (χ2n) is 7.58. The van der Waals surface area contributed by atoms with Gasteiger partial charge in [0.15, 0.2) is 0 Å². The maximum absolute atomic E-state index is 13.2. The van der Waals surface area contributed by atoms with Crippen LogP contribution in [-0.4, -0.2) is 38.5 Å². The Labute approximate surface area is 193 Å². The van der Waals surface area contributed by atoms with Gasteiger partial charge in [-0.25, -0.2) is 9.97 Å². The number of carbonyl (C=O) groups excluding carboxylic acids is 2. The van der Waals surface area contributed by atoms with Crippen LogP contribution in [-0.2, 0) is 22.6 Å². The van der Waals surface area contributed by atoms with Crippen molar-refractivity contribution >= 4 is 45.1 Å². The Morgan fingerprint density at radius 1 is 1.06 bits per heavy atom. The Bertz CT molecular complexity index is 1310. The molecule has 6 nitrogen and oxygen atoms in total. The monoisotopic (exact) mass is 460 g/mol. The van der Waals surface area contributed by atoms with E-state index in [0.717, 1.165) is 37.5 Å². The third-order valence-corrected chi connectivity index (χ3v) is 7.51. The summed E-state index contributed by atoms with van der Waals surface area (Å²) in [6, 6.07) is 17.3. The summed E-state index contributed by atoms with van der Waals surface area (Å²) in [6.45, 7) is 0.385. The summed E-state index contributed by atoms with van der Waals surface area (Å²) < 4.78 is 0. The van der Waals surface area contributed by atoms with Crippen molar-refractivity contribution < 1.29 is 9.59 Å². The molecule has 1 aliphatic rings. The molecule has 0 saturated heterocycles. The summed E-state index contributed by atoms with van der Waals surface area (Å²) in [5.74, 6) is -0.440. The summed E-state index contributed by atoms with van der Waals surface area (Å²) in [6.07, 6.45) is 1.98. The van der Waals surface area contributed by atoms with Gasteiger partial charge in [0.1, 0.15) is 22.2 Å². The molecule has 2 aromatic heterocycles. The average Bonchev–Trinajstić information content (AvgIpc) is 3.27. The Kier molecular flexibility index (Phi) is 5.63. The first-order valence-corrected chi connectivity index (χ1v) is 12.0. The number of nitrogens with two attached hydrogens (primary N) is 1. The van der Waals surface area contributed by atoms with Gasteiger partial charge in [0.2, 0.25) is 11.8 Å². The van der Waals surface area contributed by atoms with E-state index in [1.165, 1.54) is 18.1 Å². The number of hydrogen-bond acceptors (Lipinski definition) is 6. The highest BCUT2D eigenvalue weighted by atomic mass is 32.2. The Balaban J connectivity index is 1.40. The van der Waals surface area contributed by atoms with Gasteiger partial charge >= 0.3 is 0 Å². The number of primary amides is 1. The molecule has 0 aliphatic carbocycles. The molecule has 1 aliphatic heterocycles. The minimum Gasteiger partial charge on any atom is -0.368 e. The number of thiophene rings is 1. The van der Waals surface area contributed by atoms with Crippen LogP contribution in [0.5, 0.6) is 0 Å². The maximum atomic E-state index is 13.2. The lowest BCUT2D eigenvalue weighted by atomic mass is 9.93. The maximum Gasteiger partial charge on any atom is 0.240 e. The zero-order valence-corrected chi connectivity index (χ0v) is 18.7. The molecule has 1 atom stereocenters. The molecular formula is C24H20N4O2S2. The fourth-order valence-corrected chi connectivity index (χ4v) is 5.92. The quantitative estimate of drug-likeness (QED) is 0.361. The molecule has 2 N–H and O–H groups in total. The van der Waals surface area contributed by atoms with E-state index in [9.17, 15) is 9.59 Å². The van der Waals surface area contributed by atoms with Gasteiger partial charge in [-0.3, -0.25) is 9.59 Å². The number of benzene rings is 2. The van der Waals surface area contributed by atoms with Gasteiger partial charge < -0.3 is 10.6 Å². The normalized spacial score (nSPS) is 15.5. The summed E-state index contributed by atoms with van der Waals surface area (Å²) in [5.41, 5.74) is 9.91. The van der Waals surface area contributed by atoms with Crippen molar-refractivity contribution in [2.45, 2.75) is 24.0 Å². The molecule has 0 fully saturated rings. The van der Waals surface area contributed by atoms with Gasteiger partial charge in [0.05, 0.1) is 11.1 Å². The van der Waals surface area contributed by atoms with Crippen LogP contribution in [0.2, 0.25) is 0 Å². The molecule has 5 rings (SSSR count). The van der Waals surface area contributed by atoms with Crippen molar-refractivity contribution in [3.63, 3.8) is 0 Å². The van der Waals surface area contributed by atoms with Gasteiger partial charge in [-0.15, -0.1) is 11.3 Å². The van der Waals surface area contributed by atoms with Crippen LogP contribution in [0.25, 0.3) is 21.3 Å². The van der Waals surface area contributed by atoms with Crippen molar-refractivity contribution in [2.24, 2.45) is 5.73 Å². The van der Waals surface area contributed by atoms with E-state index in [2.05, 4.69) is 27.5 Å². The van der Waals surface area contributed by atoms with Gasteiger partial charge in [-0.2, -0.15) is 0 Å². The highest BCUT2D eigenvalue weighted by Gasteiger charge is 2.33. The van der Waals surface area contributed by atoms with E-state index in [1.54, 1.807) is 16.2 Å². The van der Waals surface area contributed by atoms with Gasteiger partial charge in [-0.05, 0) is 16.7 Å². The van der Waals surface area contributed by atoms with Crippen LogP contribution >= 0.6 is 23.1 Å². The Morgan fingerprint density at radius 3 is 2.59 bits per heavy atom. The number of nitrogens with zero attached hydrogens (tertiary/aromatic N) is 3. The highest BCUT2D eigenvalue weighted by Crippen LogP contribution is 2.38. The number of hydrogen-bond donors (Lipinski definition) is 1. The molecule has 2 amide bonds. The SMILES string of the molecule is NC(=O)C1Cc2ccccc2CN1C(=O)CSc1ncnc2scc(-c3ccccc3)c12. The fourth-order valence-electron chi connectivity index (χ4n) is 4.04. The van der Waals surface area contributed by atoms with Crippen LogP contribution < -0.4 is 5.73 Å². The van der Waals surface area contributed by atoms with E-state index in [0.29, 0.717) is 13.0 Å². The first kappa shape index (κ1) is 20.7. The predicted octanol–water partition coefficient (Wildman–Crippen LogP) is 3.89. The molecule has 0 saturated carbocycles. The number of amides is 2. The van der Waals surface area contributed by atoms with E-state index in [-0.39, 0.29) is 11.7 Å². The third-order valence-electron chi connectivity index (χ3n) is 5.65. The lowest BCUT2D eigenvalue weighted by Gasteiger charge is -2.35. The minimum absolute atomic E-state index is 0.128. The number of aromatic nitrogens is 2. The van der Waals surface area contributed by atoms with E-state index in [1.807, 2.05) is 42.5 Å². The van der Waals surface area contributed by atoms with Crippen molar-refractivity contribution in [3.8, 4) is 11.1 Å². The van der Waals surface area contributed by atoms with Crippen molar-refractivity contribution in [1.82, 2.24) is 14.9 Å².